The van der Waals surface area contributed by atoms with Gasteiger partial charge in [0.25, 0.3) is 0 Å². The summed E-state index contributed by atoms with van der Waals surface area (Å²) in [5.41, 5.74) is 1.28. The van der Waals surface area contributed by atoms with Gasteiger partial charge in [0.05, 0.1) is 12.2 Å². The average Bonchev–Trinajstić information content (AvgIpc) is 2.91. The Morgan fingerprint density at radius 1 is 1.56 bits per heavy atom. The molecule has 0 radical (unpaired) electrons. The van der Waals surface area contributed by atoms with E-state index in [0.29, 0.717) is 0 Å². The predicted molar refractivity (Wildman–Crippen MR) is 80.7 cm³/mol. The third-order valence-electron chi connectivity index (χ3n) is 3.33. The van der Waals surface area contributed by atoms with Crippen LogP contribution in [-0.2, 0) is 13.0 Å². The number of nitrogens with zero attached hydrogens (tertiary/aromatic N) is 2. The molecule has 2 rings (SSSR count). The highest BCUT2D eigenvalue weighted by Crippen LogP contribution is 2.20. The smallest absolute Gasteiger partial charge is 0.107 e. The van der Waals surface area contributed by atoms with E-state index >= 15 is 0 Å². The van der Waals surface area contributed by atoms with Gasteiger partial charge in [-0.3, -0.25) is 4.90 Å². The molecular formula is C13H24ClN3S. The number of likely N-dealkylation sites (tertiary alicyclic amines) is 1. The summed E-state index contributed by atoms with van der Waals surface area (Å²) in [6.45, 7) is 6.87. The van der Waals surface area contributed by atoms with Crippen LogP contribution in [0.5, 0.6) is 0 Å². The van der Waals surface area contributed by atoms with Gasteiger partial charge >= 0.3 is 0 Å². The Bertz CT molecular complexity index is 343. The summed E-state index contributed by atoms with van der Waals surface area (Å²) in [5.74, 6) is 0.829. The van der Waals surface area contributed by atoms with Crippen molar-refractivity contribution in [3.63, 3.8) is 0 Å². The molecule has 104 valence electrons. The quantitative estimate of drug-likeness (QED) is 0.872. The van der Waals surface area contributed by atoms with Crippen molar-refractivity contribution in [2.75, 3.05) is 26.7 Å². The number of hydrogen-bond donors (Lipinski definition) is 1. The average molecular weight is 290 g/mol. The van der Waals surface area contributed by atoms with Gasteiger partial charge < -0.3 is 5.32 Å². The van der Waals surface area contributed by atoms with Crippen molar-refractivity contribution in [2.24, 2.45) is 5.92 Å². The Kier molecular flexibility index (Phi) is 7.15. The van der Waals surface area contributed by atoms with Gasteiger partial charge in [0, 0.05) is 11.9 Å². The van der Waals surface area contributed by atoms with Crippen LogP contribution < -0.4 is 5.32 Å². The molecule has 1 aliphatic rings. The van der Waals surface area contributed by atoms with Crippen LogP contribution in [0, 0.1) is 5.92 Å². The molecule has 1 atom stereocenters. The van der Waals surface area contributed by atoms with Crippen LogP contribution in [0.1, 0.15) is 30.5 Å². The zero-order valence-electron chi connectivity index (χ0n) is 11.3. The molecule has 18 heavy (non-hydrogen) atoms. The highest BCUT2D eigenvalue weighted by molar-refractivity contribution is 7.09. The molecule has 1 aliphatic heterocycles. The fraction of sp³-hybridized carbons (Fsp3) is 0.769. The van der Waals surface area contributed by atoms with E-state index in [1.807, 2.05) is 18.4 Å². The maximum Gasteiger partial charge on any atom is 0.107 e. The maximum absolute atomic E-state index is 4.70. The van der Waals surface area contributed by atoms with E-state index in [-0.39, 0.29) is 12.4 Å². The summed E-state index contributed by atoms with van der Waals surface area (Å²) >= 11 is 1.82. The molecule has 1 aromatic heterocycles. The first-order chi connectivity index (χ1) is 8.31. The van der Waals surface area contributed by atoms with Gasteiger partial charge in [-0.2, -0.15) is 0 Å². The van der Waals surface area contributed by atoms with Crippen molar-refractivity contribution in [1.29, 1.82) is 0 Å². The van der Waals surface area contributed by atoms with Crippen LogP contribution in [0.3, 0.4) is 0 Å². The van der Waals surface area contributed by atoms with Crippen molar-refractivity contribution in [3.05, 3.63) is 16.1 Å². The van der Waals surface area contributed by atoms with Gasteiger partial charge in [0.1, 0.15) is 5.01 Å². The first-order valence-corrected chi connectivity index (χ1v) is 7.50. The van der Waals surface area contributed by atoms with E-state index in [9.17, 15) is 0 Å². The van der Waals surface area contributed by atoms with Crippen LogP contribution in [0.2, 0.25) is 0 Å². The Morgan fingerprint density at radius 2 is 2.39 bits per heavy atom. The lowest BCUT2D eigenvalue weighted by Gasteiger charge is -2.14. The molecule has 5 heteroatoms. The minimum atomic E-state index is 0. The van der Waals surface area contributed by atoms with Gasteiger partial charge in [-0.05, 0) is 38.9 Å². The first-order valence-electron chi connectivity index (χ1n) is 6.62. The molecule has 1 fully saturated rings. The monoisotopic (exact) mass is 289 g/mol. The number of hydrogen-bond acceptors (Lipinski definition) is 4. The summed E-state index contributed by atoms with van der Waals surface area (Å²) in [7, 11) is 2.04. The molecule has 3 nitrogen and oxygen atoms in total. The second kappa shape index (κ2) is 8.10. The largest absolute Gasteiger partial charge is 0.319 e. The summed E-state index contributed by atoms with van der Waals surface area (Å²) in [5, 5.41) is 6.79. The minimum absolute atomic E-state index is 0. The minimum Gasteiger partial charge on any atom is -0.319 e. The lowest BCUT2D eigenvalue weighted by atomic mass is 10.1. The zero-order chi connectivity index (χ0) is 12.1. The fourth-order valence-corrected chi connectivity index (χ4v) is 3.37. The maximum atomic E-state index is 4.70. The molecule has 1 unspecified atom stereocenters. The molecule has 0 amide bonds. The van der Waals surface area contributed by atoms with E-state index in [2.05, 4.69) is 22.5 Å². The van der Waals surface area contributed by atoms with E-state index in [1.54, 1.807) is 0 Å². The highest BCUT2D eigenvalue weighted by atomic mass is 35.5. The van der Waals surface area contributed by atoms with Crippen molar-refractivity contribution in [1.82, 2.24) is 15.2 Å². The molecule has 0 aliphatic carbocycles. The predicted octanol–water partition coefficient (Wildman–Crippen LogP) is 2.56. The second-order valence-corrected chi connectivity index (χ2v) is 5.87. The summed E-state index contributed by atoms with van der Waals surface area (Å²) in [4.78, 5) is 7.23. The number of aromatic nitrogens is 1. The standard InChI is InChI=1S/C13H23N3S.ClH/c1-3-4-12-10-17-13(15-12)9-16-6-5-11(8-16)7-14-2;/h10-11,14H,3-9H2,1-2H3;1H. The van der Waals surface area contributed by atoms with Crippen molar-refractivity contribution >= 4 is 23.7 Å². The summed E-state index contributed by atoms with van der Waals surface area (Å²) in [6.07, 6.45) is 3.64. The molecular weight excluding hydrogens is 266 g/mol. The number of rotatable bonds is 6. The molecule has 1 aromatic rings. The summed E-state index contributed by atoms with van der Waals surface area (Å²) < 4.78 is 0. The fourth-order valence-electron chi connectivity index (χ4n) is 2.50. The number of halogens is 1. The van der Waals surface area contributed by atoms with Gasteiger partial charge in [0.2, 0.25) is 0 Å². The lowest BCUT2D eigenvalue weighted by Crippen LogP contribution is -2.24. The third-order valence-corrected chi connectivity index (χ3v) is 4.21. The Balaban J connectivity index is 0.00000162. The normalized spacial score (nSPS) is 20.0. The molecule has 1 saturated heterocycles. The second-order valence-electron chi connectivity index (χ2n) is 4.93. The Labute approximate surface area is 120 Å². The van der Waals surface area contributed by atoms with Crippen LogP contribution in [0.15, 0.2) is 5.38 Å². The van der Waals surface area contributed by atoms with Crippen LogP contribution in [0.4, 0.5) is 0 Å². The molecule has 1 N–H and O–H groups in total. The number of aryl methyl sites for hydroxylation is 1. The van der Waals surface area contributed by atoms with Crippen LogP contribution in [0.25, 0.3) is 0 Å². The lowest BCUT2D eigenvalue weighted by molar-refractivity contribution is 0.315. The zero-order valence-corrected chi connectivity index (χ0v) is 12.9. The third kappa shape index (κ3) is 4.50. The van der Waals surface area contributed by atoms with Crippen molar-refractivity contribution in [2.45, 2.75) is 32.7 Å². The SMILES string of the molecule is CCCc1csc(CN2CCC(CNC)C2)n1.Cl. The van der Waals surface area contributed by atoms with Gasteiger partial charge in [0.15, 0.2) is 0 Å². The first kappa shape index (κ1) is 15.9. The number of nitrogens with one attached hydrogen (secondary N) is 1. The van der Waals surface area contributed by atoms with Gasteiger partial charge in [-0.1, -0.05) is 13.3 Å². The molecule has 2 heterocycles. The van der Waals surface area contributed by atoms with Crippen molar-refractivity contribution in [3.8, 4) is 0 Å². The van der Waals surface area contributed by atoms with Crippen LogP contribution >= 0.6 is 23.7 Å². The highest BCUT2D eigenvalue weighted by Gasteiger charge is 2.22. The summed E-state index contributed by atoms with van der Waals surface area (Å²) in [6, 6.07) is 0. The molecule has 0 aromatic carbocycles. The molecule has 0 spiro atoms. The topological polar surface area (TPSA) is 28.2 Å². The van der Waals surface area contributed by atoms with E-state index in [0.717, 1.165) is 25.4 Å². The Morgan fingerprint density at radius 3 is 3.11 bits per heavy atom. The number of thiazole rings is 1. The van der Waals surface area contributed by atoms with Crippen LogP contribution in [-0.4, -0.2) is 36.6 Å². The van der Waals surface area contributed by atoms with Gasteiger partial charge in [-0.15, -0.1) is 23.7 Å². The van der Waals surface area contributed by atoms with E-state index in [1.165, 1.54) is 36.6 Å². The van der Waals surface area contributed by atoms with E-state index < -0.39 is 0 Å². The van der Waals surface area contributed by atoms with Gasteiger partial charge in [-0.25, -0.2) is 4.98 Å². The molecule has 0 saturated carbocycles. The Hall–Kier alpha value is -0.160. The van der Waals surface area contributed by atoms with Crippen molar-refractivity contribution < 1.29 is 0 Å². The molecule has 0 bridgehead atoms. The van der Waals surface area contributed by atoms with E-state index in [4.69, 9.17) is 4.98 Å².